The van der Waals surface area contributed by atoms with Gasteiger partial charge in [-0.3, -0.25) is 9.63 Å². The number of hydrogen-bond acceptors (Lipinski definition) is 3. The molecule has 3 N–H and O–H groups in total. The van der Waals surface area contributed by atoms with E-state index in [9.17, 15) is 4.79 Å². The average molecular weight is 144 g/mol. The fraction of sp³-hybridized carbons (Fsp3) is 0.667. The average Bonchev–Trinajstić information content (AvgIpc) is 1.91. The van der Waals surface area contributed by atoms with Crippen LogP contribution in [0, 0.1) is 0 Å². The summed E-state index contributed by atoms with van der Waals surface area (Å²) in [4.78, 5) is 14.7. The zero-order valence-corrected chi connectivity index (χ0v) is 3.68. The van der Waals surface area contributed by atoms with Gasteiger partial charge in [0.15, 0.2) is 0 Å². The molecule has 1 rings (SSSR count). The van der Waals surface area contributed by atoms with Crippen molar-refractivity contribution in [1.29, 1.82) is 0 Å². The second-order valence-electron chi connectivity index (χ2n) is 1.38. The number of nitrogens with one attached hydrogen (secondary N) is 1. The van der Waals surface area contributed by atoms with Crippen LogP contribution in [0.5, 0.6) is 0 Å². The minimum atomic E-state index is -0.458. The Hall–Kier alpha value is 0.650. The molecule has 5 heteroatoms. The van der Waals surface area contributed by atoms with E-state index in [1.807, 2.05) is 0 Å². The molecule has 0 aromatic heterocycles. The van der Waals surface area contributed by atoms with Crippen LogP contribution in [0.15, 0.2) is 0 Å². The molecule has 1 aliphatic heterocycles. The summed E-state index contributed by atoms with van der Waals surface area (Å²) in [6.45, 7) is 0.291. The van der Waals surface area contributed by atoms with Gasteiger partial charge in [-0.05, 0) is 0 Å². The topological polar surface area (TPSA) is 64.3 Å². The molecule has 0 aromatic carbocycles. The summed E-state index contributed by atoms with van der Waals surface area (Å²) in [5, 5.41) is 0. The molecule has 1 saturated heterocycles. The van der Waals surface area contributed by atoms with E-state index in [4.69, 9.17) is 5.73 Å². The molecule has 1 amide bonds. The number of carbonyl (C=O) groups is 1. The molecule has 0 spiro atoms. The second-order valence-corrected chi connectivity index (χ2v) is 1.38. The number of nitrogens with two attached hydrogens (primary N) is 1. The SMILES string of the molecule is N[C@@H]1CONC1=O.[CaH2]. The standard InChI is InChI=1S/C3H6N2O2.Ca.2H/c4-2-1-7-5-3(2)6;;;/h2H,1,4H2,(H,5,6);;;/t2-;;;/m1.../s1. The van der Waals surface area contributed by atoms with Crippen LogP contribution in [0.2, 0.25) is 0 Å². The summed E-state index contributed by atoms with van der Waals surface area (Å²) in [6, 6.07) is -0.458. The van der Waals surface area contributed by atoms with Gasteiger partial charge in [0, 0.05) is 0 Å². The van der Waals surface area contributed by atoms with Crippen LogP contribution in [-0.2, 0) is 9.63 Å². The van der Waals surface area contributed by atoms with Crippen LogP contribution < -0.4 is 11.2 Å². The predicted molar refractivity (Wildman–Crippen MR) is 30.6 cm³/mol. The van der Waals surface area contributed by atoms with Crippen molar-refractivity contribution in [2.75, 3.05) is 6.61 Å². The van der Waals surface area contributed by atoms with E-state index in [0.29, 0.717) is 6.61 Å². The summed E-state index contributed by atoms with van der Waals surface area (Å²) in [7, 11) is 0. The van der Waals surface area contributed by atoms with Gasteiger partial charge in [0.05, 0.1) is 6.61 Å². The fourth-order valence-corrected chi connectivity index (χ4v) is 0.354. The Balaban J connectivity index is 0.000000490. The second kappa shape index (κ2) is 3.63. The first kappa shape index (κ1) is 8.65. The van der Waals surface area contributed by atoms with E-state index < -0.39 is 6.04 Å². The fourth-order valence-electron chi connectivity index (χ4n) is 0.354. The Bertz CT molecular complexity index is 97.3. The van der Waals surface area contributed by atoms with E-state index in [0.717, 1.165) is 0 Å². The first-order valence-corrected chi connectivity index (χ1v) is 1.98. The van der Waals surface area contributed by atoms with E-state index in [1.54, 1.807) is 0 Å². The first-order valence-electron chi connectivity index (χ1n) is 1.98. The van der Waals surface area contributed by atoms with Crippen molar-refractivity contribution in [2.24, 2.45) is 5.73 Å². The molecule has 0 bridgehead atoms. The Morgan fingerprint density at radius 3 is 2.62 bits per heavy atom. The third kappa shape index (κ3) is 1.87. The molecular weight excluding hydrogens is 136 g/mol. The molecule has 44 valence electrons. The normalized spacial score (nSPS) is 26.6. The summed E-state index contributed by atoms with van der Waals surface area (Å²) in [5.74, 6) is -0.236. The van der Waals surface area contributed by atoms with Gasteiger partial charge in [-0.2, -0.15) is 0 Å². The third-order valence-electron chi connectivity index (χ3n) is 0.772. The zero-order chi connectivity index (χ0) is 5.28. The summed E-state index contributed by atoms with van der Waals surface area (Å²) in [6.07, 6.45) is 0. The van der Waals surface area contributed by atoms with Crippen molar-refractivity contribution in [1.82, 2.24) is 5.48 Å². The molecule has 0 aliphatic carbocycles. The van der Waals surface area contributed by atoms with Crippen LogP contribution in [0.4, 0.5) is 0 Å². The molecule has 1 atom stereocenters. The summed E-state index contributed by atoms with van der Waals surface area (Å²) >= 11 is 0. The molecule has 0 unspecified atom stereocenters. The number of hydroxylamine groups is 1. The van der Waals surface area contributed by atoms with Gasteiger partial charge in [0.1, 0.15) is 6.04 Å². The first-order chi connectivity index (χ1) is 3.30. The van der Waals surface area contributed by atoms with Gasteiger partial charge in [-0.25, -0.2) is 5.48 Å². The van der Waals surface area contributed by atoms with Gasteiger partial charge < -0.3 is 5.73 Å². The van der Waals surface area contributed by atoms with E-state index >= 15 is 0 Å². The van der Waals surface area contributed by atoms with Crippen LogP contribution in [0.25, 0.3) is 0 Å². The van der Waals surface area contributed by atoms with E-state index in [2.05, 4.69) is 10.3 Å². The number of amides is 1. The monoisotopic (exact) mass is 144 g/mol. The molecule has 1 heterocycles. The van der Waals surface area contributed by atoms with Crippen molar-refractivity contribution >= 4 is 43.6 Å². The van der Waals surface area contributed by atoms with Gasteiger partial charge in [0.25, 0.3) is 5.91 Å². The number of hydrogen-bond donors (Lipinski definition) is 2. The van der Waals surface area contributed by atoms with Crippen LogP contribution in [0.1, 0.15) is 0 Å². The van der Waals surface area contributed by atoms with E-state index in [-0.39, 0.29) is 43.6 Å². The quantitative estimate of drug-likeness (QED) is 0.368. The Labute approximate surface area is 76.7 Å². The van der Waals surface area contributed by atoms with Gasteiger partial charge >= 0.3 is 37.7 Å². The minimum absolute atomic E-state index is 0. The Morgan fingerprint density at radius 2 is 2.50 bits per heavy atom. The summed E-state index contributed by atoms with van der Waals surface area (Å²) in [5.41, 5.74) is 7.25. The van der Waals surface area contributed by atoms with Gasteiger partial charge in [-0.15, -0.1) is 0 Å². The van der Waals surface area contributed by atoms with E-state index in [1.165, 1.54) is 0 Å². The van der Waals surface area contributed by atoms with Crippen molar-refractivity contribution < 1.29 is 9.63 Å². The third-order valence-corrected chi connectivity index (χ3v) is 0.772. The molecule has 0 radical (unpaired) electrons. The van der Waals surface area contributed by atoms with Gasteiger partial charge in [-0.1, -0.05) is 0 Å². The maximum atomic E-state index is 10.2. The Morgan fingerprint density at radius 1 is 1.88 bits per heavy atom. The van der Waals surface area contributed by atoms with Crippen molar-refractivity contribution in [3.05, 3.63) is 0 Å². The number of rotatable bonds is 0. The summed E-state index contributed by atoms with van der Waals surface area (Å²) < 4.78 is 0. The maximum absolute atomic E-state index is 10.2. The Kier molecular flexibility index (Phi) is 3.93. The predicted octanol–water partition coefficient (Wildman–Crippen LogP) is -2.54. The molecule has 8 heavy (non-hydrogen) atoms. The molecule has 1 fully saturated rings. The molecule has 4 nitrogen and oxygen atoms in total. The van der Waals surface area contributed by atoms with Crippen LogP contribution in [0.3, 0.4) is 0 Å². The van der Waals surface area contributed by atoms with Crippen molar-refractivity contribution in [3.8, 4) is 0 Å². The molecular formula is C3H8CaN2O2. The molecule has 0 saturated carbocycles. The molecule has 1 aliphatic rings. The van der Waals surface area contributed by atoms with Crippen LogP contribution in [-0.4, -0.2) is 56.3 Å². The number of carbonyl (C=O) groups excluding carboxylic acids is 1. The molecule has 0 aromatic rings. The van der Waals surface area contributed by atoms with Gasteiger partial charge in [0.2, 0.25) is 0 Å². The van der Waals surface area contributed by atoms with Crippen molar-refractivity contribution in [2.45, 2.75) is 6.04 Å². The van der Waals surface area contributed by atoms with Crippen LogP contribution >= 0.6 is 0 Å². The van der Waals surface area contributed by atoms with Crippen molar-refractivity contribution in [3.63, 3.8) is 0 Å². The zero-order valence-electron chi connectivity index (χ0n) is 3.68.